The van der Waals surface area contributed by atoms with Gasteiger partial charge in [0.2, 0.25) is 0 Å². The largest absolute Gasteiger partial charge is 0.0727 e. The highest BCUT2D eigenvalue weighted by atomic mass is 14.2. The van der Waals surface area contributed by atoms with E-state index in [2.05, 4.69) is 33.8 Å². The van der Waals surface area contributed by atoms with Gasteiger partial charge in [0.25, 0.3) is 0 Å². The third-order valence-electron chi connectivity index (χ3n) is 2.46. The zero-order valence-electron chi connectivity index (χ0n) is 8.07. The molecule has 0 unspecified atom stereocenters. The highest BCUT2D eigenvalue weighted by Gasteiger charge is 2.10. The van der Waals surface area contributed by atoms with Crippen LogP contribution in [0.4, 0.5) is 0 Å². The third kappa shape index (κ3) is 1.95. The Morgan fingerprint density at radius 3 is 2.27 bits per heavy atom. The Balaban J connectivity index is 2.86. The Morgan fingerprint density at radius 1 is 1.18 bits per heavy atom. The molecule has 0 aliphatic heterocycles. The average Bonchev–Trinajstić information content (AvgIpc) is 1.85. The monoisotopic (exact) mass is 150 g/mol. The summed E-state index contributed by atoms with van der Waals surface area (Å²) in [5.41, 5.74) is 4.69. The molecule has 0 aromatic heterocycles. The van der Waals surface area contributed by atoms with Gasteiger partial charge in [0.1, 0.15) is 0 Å². The molecule has 0 fully saturated rings. The molecule has 0 amide bonds. The lowest BCUT2D eigenvalue weighted by Gasteiger charge is -2.19. The lowest BCUT2D eigenvalue weighted by Crippen LogP contribution is -2.01. The highest BCUT2D eigenvalue weighted by Crippen LogP contribution is 2.28. The molecule has 1 aliphatic rings. The Kier molecular flexibility index (Phi) is 2.53. The maximum atomic E-state index is 2.33. The van der Waals surface area contributed by atoms with E-state index in [1.165, 1.54) is 24.0 Å². The molecule has 0 N–H and O–H groups in total. The van der Waals surface area contributed by atoms with Gasteiger partial charge in [0.05, 0.1) is 0 Å². The van der Waals surface area contributed by atoms with E-state index in [1.54, 1.807) is 5.57 Å². The van der Waals surface area contributed by atoms with E-state index in [1.807, 2.05) is 0 Å². The summed E-state index contributed by atoms with van der Waals surface area (Å²) in [6.45, 7) is 9.03. The summed E-state index contributed by atoms with van der Waals surface area (Å²) in [5.74, 6) is 0.736. The normalized spacial score (nSPS) is 19.2. The SMILES string of the molecule is CC1=CC(C)=C(C(C)C)CC1. The molecule has 0 heteroatoms. The van der Waals surface area contributed by atoms with Crippen molar-refractivity contribution >= 4 is 0 Å². The summed E-state index contributed by atoms with van der Waals surface area (Å²) in [7, 11) is 0. The van der Waals surface area contributed by atoms with Crippen LogP contribution in [0.5, 0.6) is 0 Å². The van der Waals surface area contributed by atoms with Crippen LogP contribution in [-0.2, 0) is 0 Å². The second kappa shape index (κ2) is 3.25. The number of rotatable bonds is 1. The molecule has 0 heterocycles. The van der Waals surface area contributed by atoms with Gasteiger partial charge in [0, 0.05) is 0 Å². The summed E-state index contributed by atoms with van der Waals surface area (Å²) in [4.78, 5) is 0. The zero-order chi connectivity index (χ0) is 8.43. The van der Waals surface area contributed by atoms with Crippen LogP contribution in [0, 0.1) is 5.92 Å². The van der Waals surface area contributed by atoms with Crippen LogP contribution >= 0.6 is 0 Å². The Labute approximate surface area is 70.0 Å². The number of hydrogen-bond donors (Lipinski definition) is 0. The second-order valence-electron chi connectivity index (χ2n) is 3.85. The molecule has 0 spiro atoms. The van der Waals surface area contributed by atoms with Gasteiger partial charge in [0.15, 0.2) is 0 Å². The van der Waals surface area contributed by atoms with Crippen molar-refractivity contribution in [1.29, 1.82) is 0 Å². The smallest absolute Gasteiger partial charge is 0.0254 e. The molecule has 0 aromatic rings. The van der Waals surface area contributed by atoms with Crippen molar-refractivity contribution in [1.82, 2.24) is 0 Å². The molecule has 1 aliphatic carbocycles. The second-order valence-corrected chi connectivity index (χ2v) is 3.85. The van der Waals surface area contributed by atoms with Crippen molar-refractivity contribution < 1.29 is 0 Å². The molecule has 1 rings (SSSR count). The van der Waals surface area contributed by atoms with Crippen molar-refractivity contribution in [2.24, 2.45) is 5.92 Å². The molecule has 62 valence electrons. The minimum Gasteiger partial charge on any atom is -0.0727 e. The number of allylic oxidation sites excluding steroid dienone is 4. The number of hydrogen-bond acceptors (Lipinski definition) is 0. The van der Waals surface area contributed by atoms with Gasteiger partial charge < -0.3 is 0 Å². The average molecular weight is 150 g/mol. The molecular formula is C11H18. The Hall–Kier alpha value is -0.520. The summed E-state index contributed by atoms with van der Waals surface area (Å²) in [5, 5.41) is 0. The maximum absolute atomic E-state index is 2.33. The first-order valence-corrected chi connectivity index (χ1v) is 4.48. The lowest BCUT2D eigenvalue weighted by molar-refractivity contribution is 0.689. The van der Waals surface area contributed by atoms with Gasteiger partial charge in [-0.15, -0.1) is 0 Å². The standard InChI is InChI=1S/C11H18/c1-8(2)11-6-5-9(3)7-10(11)4/h7-8H,5-6H2,1-4H3. The van der Waals surface area contributed by atoms with Crippen LogP contribution in [0.3, 0.4) is 0 Å². The Morgan fingerprint density at radius 2 is 1.82 bits per heavy atom. The van der Waals surface area contributed by atoms with E-state index < -0.39 is 0 Å². The quantitative estimate of drug-likeness (QED) is 0.534. The summed E-state index contributed by atoms with van der Waals surface area (Å²) < 4.78 is 0. The van der Waals surface area contributed by atoms with E-state index in [0.717, 1.165) is 5.92 Å². The first-order valence-electron chi connectivity index (χ1n) is 4.48. The molecule has 0 atom stereocenters. The predicted molar refractivity (Wildman–Crippen MR) is 50.5 cm³/mol. The Bertz CT molecular complexity index is 204. The van der Waals surface area contributed by atoms with E-state index in [0.29, 0.717) is 0 Å². The predicted octanol–water partition coefficient (Wildman–Crippen LogP) is 3.70. The molecule has 0 radical (unpaired) electrons. The fourth-order valence-corrected chi connectivity index (χ4v) is 1.81. The minimum atomic E-state index is 0.736. The van der Waals surface area contributed by atoms with Gasteiger partial charge in [-0.2, -0.15) is 0 Å². The molecular weight excluding hydrogens is 132 g/mol. The molecule has 0 aromatic carbocycles. The fraction of sp³-hybridized carbons (Fsp3) is 0.636. The van der Waals surface area contributed by atoms with Crippen LogP contribution in [-0.4, -0.2) is 0 Å². The van der Waals surface area contributed by atoms with Crippen molar-refractivity contribution in [3.63, 3.8) is 0 Å². The topological polar surface area (TPSA) is 0 Å². The molecule has 0 saturated carbocycles. The van der Waals surface area contributed by atoms with Crippen LogP contribution < -0.4 is 0 Å². The van der Waals surface area contributed by atoms with Crippen molar-refractivity contribution in [2.75, 3.05) is 0 Å². The maximum Gasteiger partial charge on any atom is -0.0254 e. The summed E-state index contributed by atoms with van der Waals surface area (Å²) in [6.07, 6.45) is 4.88. The summed E-state index contributed by atoms with van der Waals surface area (Å²) in [6, 6.07) is 0. The van der Waals surface area contributed by atoms with Crippen molar-refractivity contribution in [3.05, 3.63) is 22.8 Å². The summed E-state index contributed by atoms with van der Waals surface area (Å²) >= 11 is 0. The van der Waals surface area contributed by atoms with Crippen LogP contribution in [0.2, 0.25) is 0 Å². The van der Waals surface area contributed by atoms with Gasteiger partial charge in [-0.3, -0.25) is 0 Å². The molecule has 0 saturated heterocycles. The molecule has 0 nitrogen and oxygen atoms in total. The van der Waals surface area contributed by atoms with Crippen LogP contribution in [0.15, 0.2) is 22.8 Å². The lowest BCUT2D eigenvalue weighted by atomic mass is 9.87. The van der Waals surface area contributed by atoms with Gasteiger partial charge >= 0.3 is 0 Å². The third-order valence-corrected chi connectivity index (χ3v) is 2.46. The molecule has 11 heavy (non-hydrogen) atoms. The van der Waals surface area contributed by atoms with Crippen molar-refractivity contribution in [2.45, 2.75) is 40.5 Å². The van der Waals surface area contributed by atoms with E-state index >= 15 is 0 Å². The minimum absolute atomic E-state index is 0.736. The first kappa shape index (κ1) is 8.58. The van der Waals surface area contributed by atoms with Crippen LogP contribution in [0.1, 0.15) is 40.5 Å². The fourth-order valence-electron chi connectivity index (χ4n) is 1.81. The highest BCUT2D eigenvalue weighted by molar-refractivity contribution is 5.32. The van der Waals surface area contributed by atoms with E-state index in [9.17, 15) is 0 Å². The van der Waals surface area contributed by atoms with Gasteiger partial charge in [-0.25, -0.2) is 0 Å². The molecule has 0 bridgehead atoms. The zero-order valence-corrected chi connectivity index (χ0v) is 8.07. The van der Waals surface area contributed by atoms with Crippen molar-refractivity contribution in [3.8, 4) is 0 Å². The van der Waals surface area contributed by atoms with E-state index in [-0.39, 0.29) is 0 Å². The first-order chi connectivity index (χ1) is 5.11. The van der Waals surface area contributed by atoms with Crippen LogP contribution in [0.25, 0.3) is 0 Å². The van der Waals surface area contributed by atoms with E-state index in [4.69, 9.17) is 0 Å². The van der Waals surface area contributed by atoms with Gasteiger partial charge in [-0.05, 0) is 32.6 Å². The van der Waals surface area contributed by atoms with Gasteiger partial charge in [-0.1, -0.05) is 36.6 Å².